The zero-order valence-corrected chi connectivity index (χ0v) is 6.64. The molecule has 1 unspecified atom stereocenters. The van der Waals surface area contributed by atoms with Crippen molar-refractivity contribution in [3.05, 3.63) is 35.9 Å². The lowest BCUT2D eigenvalue weighted by Gasteiger charge is -1.95. The largest absolute Gasteiger partial charge is 0.328 e. The van der Waals surface area contributed by atoms with Crippen molar-refractivity contribution >= 4 is 8.69 Å². The maximum atomic E-state index is 9.96. The van der Waals surface area contributed by atoms with Crippen LogP contribution in [0.2, 0.25) is 0 Å². The number of hydrogen-bond donors (Lipinski definition) is 0. The van der Waals surface area contributed by atoms with Crippen LogP contribution in [0.3, 0.4) is 0 Å². The van der Waals surface area contributed by atoms with Crippen molar-refractivity contribution in [1.82, 2.24) is 0 Å². The van der Waals surface area contributed by atoms with E-state index in [4.69, 9.17) is 4.52 Å². The van der Waals surface area contributed by atoms with Gasteiger partial charge in [0.25, 0.3) is 0 Å². The molecule has 1 aromatic rings. The Balaban J connectivity index is 2.50. The summed E-state index contributed by atoms with van der Waals surface area (Å²) in [6.07, 6.45) is 0. The summed E-state index contributed by atoms with van der Waals surface area (Å²) < 4.78 is 14.7. The quantitative estimate of drug-likeness (QED) is 0.624. The van der Waals surface area contributed by atoms with E-state index in [9.17, 15) is 4.57 Å². The Hall–Kier alpha value is -0.590. The van der Waals surface area contributed by atoms with E-state index >= 15 is 0 Å². The number of rotatable bonds is 3. The van der Waals surface area contributed by atoms with E-state index in [1.807, 2.05) is 30.3 Å². The average molecular weight is 156 g/mol. The van der Waals surface area contributed by atoms with Gasteiger partial charge in [-0.1, -0.05) is 30.3 Å². The fraction of sp³-hybridized carbons (Fsp3) is 0.143. The van der Waals surface area contributed by atoms with E-state index in [2.05, 4.69) is 0 Å². The summed E-state index contributed by atoms with van der Waals surface area (Å²) in [4.78, 5) is 0. The van der Waals surface area contributed by atoms with Gasteiger partial charge in [-0.25, -0.2) is 0 Å². The predicted octanol–water partition coefficient (Wildman–Crippen LogP) is 1.87. The molecule has 0 saturated carbocycles. The molecule has 0 heterocycles. The van der Waals surface area contributed by atoms with Gasteiger partial charge in [-0.3, -0.25) is 4.57 Å². The maximum absolute atomic E-state index is 9.96. The summed E-state index contributed by atoms with van der Waals surface area (Å²) in [6, 6.07) is 9.68. The summed E-state index contributed by atoms with van der Waals surface area (Å²) in [6.45, 7) is 0.458. The molecular weight excluding hydrogens is 147 g/mol. The first-order chi connectivity index (χ1) is 4.93. The van der Waals surface area contributed by atoms with Gasteiger partial charge in [-0.15, -0.1) is 0 Å². The Labute approximate surface area is 61.1 Å². The zero-order chi connectivity index (χ0) is 7.23. The molecule has 0 amide bonds. The van der Waals surface area contributed by atoms with Crippen molar-refractivity contribution in [3.63, 3.8) is 0 Å². The lowest BCUT2D eigenvalue weighted by molar-refractivity contribution is 0.332. The van der Waals surface area contributed by atoms with Crippen LogP contribution in [0.1, 0.15) is 5.56 Å². The van der Waals surface area contributed by atoms with Gasteiger partial charge in [0.1, 0.15) is 0 Å². The second-order valence-electron chi connectivity index (χ2n) is 1.89. The molecule has 0 N–H and O–H groups in total. The third kappa shape index (κ3) is 2.34. The van der Waals surface area contributed by atoms with Crippen LogP contribution in [-0.4, -0.2) is 0 Å². The van der Waals surface area contributed by atoms with Crippen LogP contribution in [-0.2, 0) is 15.7 Å². The van der Waals surface area contributed by atoms with Gasteiger partial charge in [0, 0.05) is 0 Å². The van der Waals surface area contributed by atoms with Crippen molar-refractivity contribution in [2.75, 3.05) is 0 Å². The SMILES string of the molecule is O=[PH2]OCc1ccccc1. The lowest BCUT2D eigenvalue weighted by atomic mass is 10.2. The fourth-order valence-corrected chi connectivity index (χ4v) is 0.965. The van der Waals surface area contributed by atoms with Crippen LogP contribution in [0.25, 0.3) is 0 Å². The summed E-state index contributed by atoms with van der Waals surface area (Å²) in [5.41, 5.74) is 1.06. The van der Waals surface area contributed by atoms with Crippen molar-refractivity contribution in [3.8, 4) is 0 Å². The predicted molar refractivity (Wildman–Crippen MR) is 41.6 cm³/mol. The standard InChI is InChI=1S/C7H9O2P/c8-10-9-6-7-4-2-1-3-5-7/h1-5H,6,10H2. The molecule has 0 saturated heterocycles. The van der Waals surface area contributed by atoms with Crippen LogP contribution in [0.5, 0.6) is 0 Å². The highest BCUT2D eigenvalue weighted by molar-refractivity contribution is 7.17. The van der Waals surface area contributed by atoms with Crippen molar-refractivity contribution < 1.29 is 9.09 Å². The summed E-state index contributed by atoms with van der Waals surface area (Å²) >= 11 is 0. The third-order valence-electron chi connectivity index (χ3n) is 1.16. The normalized spacial score (nSPS) is 10.8. The van der Waals surface area contributed by atoms with Crippen LogP contribution in [0.4, 0.5) is 0 Å². The smallest absolute Gasteiger partial charge is 0.180 e. The van der Waals surface area contributed by atoms with Crippen molar-refractivity contribution in [1.29, 1.82) is 0 Å². The van der Waals surface area contributed by atoms with Gasteiger partial charge in [-0.2, -0.15) is 0 Å². The summed E-state index contributed by atoms with van der Waals surface area (Å²) in [5, 5.41) is 0. The van der Waals surface area contributed by atoms with Crippen LogP contribution in [0, 0.1) is 0 Å². The molecule has 0 aliphatic carbocycles. The number of benzene rings is 1. The topological polar surface area (TPSA) is 26.3 Å². The molecule has 0 aliphatic rings. The van der Waals surface area contributed by atoms with Crippen LogP contribution in [0.15, 0.2) is 30.3 Å². The number of hydrogen-bond acceptors (Lipinski definition) is 2. The van der Waals surface area contributed by atoms with Gasteiger partial charge in [-0.05, 0) is 5.56 Å². The van der Waals surface area contributed by atoms with Gasteiger partial charge in [0.05, 0.1) is 6.61 Å². The third-order valence-corrected chi connectivity index (χ3v) is 1.46. The summed E-state index contributed by atoms with van der Waals surface area (Å²) in [7, 11) is -1.07. The second kappa shape index (κ2) is 4.26. The van der Waals surface area contributed by atoms with Gasteiger partial charge < -0.3 is 4.52 Å². The Kier molecular flexibility index (Phi) is 3.20. The maximum Gasteiger partial charge on any atom is 0.180 e. The van der Waals surface area contributed by atoms with Crippen molar-refractivity contribution in [2.24, 2.45) is 0 Å². The molecule has 1 atom stereocenters. The highest BCUT2D eigenvalue weighted by Gasteiger charge is 1.86. The monoisotopic (exact) mass is 156 g/mol. The van der Waals surface area contributed by atoms with Crippen molar-refractivity contribution in [2.45, 2.75) is 6.61 Å². The Morgan fingerprint density at radius 2 is 2.00 bits per heavy atom. The Morgan fingerprint density at radius 1 is 1.30 bits per heavy atom. The minimum Gasteiger partial charge on any atom is -0.328 e. The minimum absolute atomic E-state index is 0.458. The molecule has 0 aromatic heterocycles. The average Bonchev–Trinajstić information content (AvgIpc) is 2.03. The molecule has 10 heavy (non-hydrogen) atoms. The van der Waals surface area contributed by atoms with E-state index in [0.717, 1.165) is 5.56 Å². The first-order valence-electron chi connectivity index (χ1n) is 3.02. The van der Waals surface area contributed by atoms with Crippen LogP contribution < -0.4 is 0 Å². The molecule has 0 fully saturated rings. The van der Waals surface area contributed by atoms with E-state index in [1.54, 1.807) is 0 Å². The molecule has 0 spiro atoms. The van der Waals surface area contributed by atoms with E-state index in [1.165, 1.54) is 0 Å². The Bertz CT molecular complexity index is 198. The second-order valence-corrected chi connectivity index (χ2v) is 2.42. The molecule has 0 radical (unpaired) electrons. The van der Waals surface area contributed by atoms with Crippen LogP contribution >= 0.6 is 8.69 Å². The van der Waals surface area contributed by atoms with Gasteiger partial charge in [0.15, 0.2) is 8.69 Å². The van der Waals surface area contributed by atoms with E-state index < -0.39 is 8.69 Å². The highest BCUT2D eigenvalue weighted by atomic mass is 31.1. The zero-order valence-electron chi connectivity index (χ0n) is 5.49. The fourth-order valence-electron chi connectivity index (χ4n) is 0.704. The van der Waals surface area contributed by atoms with E-state index in [0.29, 0.717) is 6.61 Å². The lowest BCUT2D eigenvalue weighted by Crippen LogP contribution is -1.80. The first kappa shape index (κ1) is 7.52. The van der Waals surface area contributed by atoms with E-state index in [-0.39, 0.29) is 0 Å². The van der Waals surface area contributed by atoms with Gasteiger partial charge >= 0.3 is 0 Å². The Morgan fingerprint density at radius 3 is 2.60 bits per heavy atom. The molecule has 3 heteroatoms. The molecule has 1 rings (SSSR count). The molecular formula is C7H9O2P. The summed E-state index contributed by atoms with van der Waals surface area (Å²) in [5.74, 6) is 0. The minimum atomic E-state index is -1.07. The molecule has 2 nitrogen and oxygen atoms in total. The molecule has 0 aliphatic heterocycles. The molecule has 1 aromatic carbocycles. The first-order valence-corrected chi connectivity index (χ1v) is 3.97. The molecule has 54 valence electrons. The van der Waals surface area contributed by atoms with Gasteiger partial charge in [0.2, 0.25) is 0 Å². The highest BCUT2D eigenvalue weighted by Crippen LogP contribution is 2.04. The molecule has 0 bridgehead atoms.